The van der Waals surface area contributed by atoms with Gasteiger partial charge in [0.1, 0.15) is 0 Å². The lowest BCUT2D eigenvalue weighted by Crippen LogP contribution is -2.13. The second kappa shape index (κ2) is 5.49. The van der Waals surface area contributed by atoms with Gasteiger partial charge in [-0.15, -0.1) is 0 Å². The van der Waals surface area contributed by atoms with Crippen LogP contribution in [0.1, 0.15) is 41.3 Å². The molecule has 0 bridgehead atoms. The van der Waals surface area contributed by atoms with Crippen LogP contribution in [0.5, 0.6) is 0 Å². The molecule has 0 aliphatic heterocycles. The van der Waals surface area contributed by atoms with Crippen LogP contribution < -0.4 is 5.32 Å². The minimum atomic E-state index is 0.762. The summed E-state index contributed by atoms with van der Waals surface area (Å²) in [7, 11) is 0. The van der Waals surface area contributed by atoms with Crippen LogP contribution >= 0.6 is 0 Å². The Hall–Kier alpha value is -1.74. The minimum absolute atomic E-state index is 0.762. The molecule has 1 N–H and O–H groups in total. The number of nitrogens with zero attached hydrogens (tertiary/aromatic N) is 2. The number of hydrogen-bond acceptors (Lipinski definition) is 3. The first-order chi connectivity index (χ1) is 9.31. The quantitative estimate of drug-likeness (QED) is 0.890. The zero-order valence-corrected chi connectivity index (χ0v) is 11.3. The average Bonchev–Trinajstić information content (AvgIpc) is 3.26. The van der Waals surface area contributed by atoms with Crippen LogP contribution in [0.3, 0.4) is 0 Å². The second-order valence-corrected chi connectivity index (χ2v) is 5.27. The van der Waals surface area contributed by atoms with Crippen molar-refractivity contribution in [3.05, 3.63) is 59.2 Å². The maximum atomic E-state index is 4.33. The van der Waals surface area contributed by atoms with E-state index in [2.05, 4.69) is 39.6 Å². The van der Waals surface area contributed by atoms with E-state index in [1.165, 1.54) is 24.0 Å². The molecule has 3 rings (SSSR count). The Balaban J connectivity index is 1.50. The number of aryl methyl sites for hydroxylation is 1. The van der Waals surface area contributed by atoms with Crippen LogP contribution in [-0.2, 0) is 13.1 Å². The Kier molecular flexibility index (Phi) is 3.56. The fourth-order valence-corrected chi connectivity index (χ4v) is 2.17. The third kappa shape index (κ3) is 3.38. The molecule has 1 aromatic carbocycles. The van der Waals surface area contributed by atoms with E-state index in [0.29, 0.717) is 0 Å². The summed E-state index contributed by atoms with van der Waals surface area (Å²) in [4.78, 5) is 8.57. The van der Waals surface area contributed by atoms with Gasteiger partial charge in [0, 0.05) is 25.5 Å². The molecular formula is C16H19N3. The molecule has 1 heterocycles. The fraction of sp³-hybridized carbons (Fsp3) is 0.375. The summed E-state index contributed by atoms with van der Waals surface area (Å²) in [6.45, 7) is 3.59. The topological polar surface area (TPSA) is 37.8 Å². The van der Waals surface area contributed by atoms with Crippen LogP contribution in [0, 0.1) is 6.92 Å². The lowest BCUT2D eigenvalue weighted by Gasteiger charge is -2.06. The molecule has 2 aromatic rings. The van der Waals surface area contributed by atoms with Crippen molar-refractivity contribution in [2.75, 3.05) is 0 Å². The molecule has 0 amide bonds. The maximum absolute atomic E-state index is 4.33. The predicted molar refractivity (Wildman–Crippen MR) is 75.7 cm³/mol. The van der Waals surface area contributed by atoms with Gasteiger partial charge in [0.15, 0.2) is 0 Å². The van der Waals surface area contributed by atoms with Gasteiger partial charge in [-0.05, 0) is 36.8 Å². The molecule has 0 spiro atoms. The molecule has 1 fully saturated rings. The van der Waals surface area contributed by atoms with Crippen LogP contribution in [0.25, 0.3) is 0 Å². The lowest BCUT2D eigenvalue weighted by atomic mass is 10.1. The first-order valence-corrected chi connectivity index (χ1v) is 6.88. The molecule has 1 aromatic heterocycles. The van der Waals surface area contributed by atoms with Crippen LogP contribution in [0.4, 0.5) is 0 Å². The smallest absolute Gasteiger partial charge is 0.0724 e. The van der Waals surface area contributed by atoms with E-state index in [0.717, 1.165) is 30.4 Å². The highest BCUT2D eigenvalue weighted by Gasteiger charge is 2.22. The first kappa shape index (κ1) is 12.3. The van der Waals surface area contributed by atoms with Crippen LogP contribution in [0.2, 0.25) is 0 Å². The zero-order chi connectivity index (χ0) is 13.1. The van der Waals surface area contributed by atoms with Crippen molar-refractivity contribution in [3.8, 4) is 0 Å². The summed E-state index contributed by atoms with van der Waals surface area (Å²) in [5.41, 5.74) is 4.76. The monoisotopic (exact) mass is 253 g/mol. The standard InChI is InChI=1S/C16H19N3/c1-12-8-19-16(11-18-12)10-17-9-13-2-4-14(5-3-13)15-6-7-15/h2-5,8,11,15,17H,6-7,9-10H2,1H3. The average molecular weight is 253 g/mol. The fourth-order valence-electron chi connectivity index (χ4n) is 2.17. The second-order valence-electron chi connectivity index (χ2n) is 5.27. The summed E-state index contributed by atoms with van der Waals surface area (Å²) in [6, 6.07) is 8.98. The zero-order valence-electron chi connectivity index (χ0n) is 11.3. The molecule has 3 nitrogen and oxygen atoms in total. The molecule has 1 saturated carbocycles. The molecular weight excluding hydrogens is 234 g/mol. The summed E-state index contributed by atoms with van der Waals surface area (Å²) in [5, 5.41) is 3.40. The molecule has 0 unspecified atom stereocenters. The van der Waals surface area contributed by atoms with Gasteiger partial charge in [0.25, 0.3) is 0 Å². The van der Waals surface area contributed by atoms with Gasteiger partial charge in [-0.2, -0.15) is 0 Å². The van der Waals surface area contributed by atoms with Crippen LogP contribution in [-0.4, -0.2) is 9.97 Å². The van der Waals surface area contributed by atoms with E-state index in [9.17, 15) is 0 Å². The first-order valence-electron chi connectivity index (χ1n) is 6.88. The van der Waals surface area contributed by atoms with E-state index in [4.69, 9.17) is 0 Å². The SMILES string of the molecule is Cc1cnc(CNCc2ccc(C3CC3)cc2)cn1. The maximum Gasteiger partial charge on any atom is 0.0724 e. The molecule has 0 radical (unpaired) electrons. The van der Waals surface area contributed by atoms with Gasteiger partial charge in [-0.25, -0.2) is 0 Å². The molecule has 98 valence electrons. The third-order valence-corrected chi connectivity index (χ3v) is 3.50. The van der Waals surface area contributed by atoms with Crippen LogP contribution in [0.15, 0.2) is 36.7 Å². The predicted octanol–water partition coefficient (Wildman–Crippen LogP) is 2.95. The van der Waals surface area contributed by atoms with Crippen molar-refractivity contribution in [2.24, 2.45) is 0 Å². The summed E-state index contributed by atoms with van der Waals surface area (Å²) in [5.74, 6) is 0.838. The van der Waals surface area contributed by atoms with E-state index >= 15 is 0 Å². The number of nitrogens with one attached hydrogen (secondary N) is 1. The molecule has 3 heteroatoms. The largest absolute Gasteiger partial charge is 0.307 e. The van der Waals surface area contributed by atoms with Crippen molar-refractivity contribution < 1.29 is 0 Å². The van der Waals surface area contributed by atoms with E-state index < -0.39 is 0 Å². The van der Waals surface area contributed by atoms with E-state index in [-0.39, 0.29) is 0 Å². The molecule has 1 aliphatic rings. The Bertz CT molecular complexity index is 527. The summed E-state index contributed by atoms with van der Waals surface area (Å²) >= 11 is 0. The highest BCUT2D eigenvalue weighted by atomic mass is 14.9. The normalized spacial score (nSPS) is 14.6. The van der Waals surface area contributed by atoms with Gasteiger partial charge in [-0.3, -0.25) is 9.97 Å². The minimum Gasteiger partial charge on any atom is -0.307 e. The van der Waals surface area contributed by atoms with Gasteiger partial charge in [-0.1, -0.05) is 24.3 Å². The van der Waals surface area contributed by atoms with Gasteiger partial charge in [0.05, 0.1) is 11.4 Å². The van der Waals surface area contributed by atoms with Gasteiger partial charge >= 0.3 is 0 Å². The highest BCUT2D eigenvalue weighted by Crippen LogP contribution is 2.39. The van der Waals surface area contributed by atoms with Crippen molar-refractivity contribution >= 4 is 0 Å². The van der Waals surface area contributed by atoms with Gasteiger partial charge in [0.2, 0.25) is 0 Å². The molecule has 1 aliphatic carbocycles. The van der Waals surface area contributed by atoms with E-state index in [1.807, 2.05) is 13.1 Å². The van der Waals surface area contributed by atoms with Crippen molar-refractivity contribution in [3.63, 3.8) is 0 Å². The lowest BCUT2D eigenvalue weighted by molar-refractivity contribution is 0.675. The number of benzene rings is 1. The third-order valence-electron chi connectivity index (χ3n) is 3.50. The summed E-state index contributed by atoms with van der Waals surface area (Å²) < 4.78 is 0. The number of hydrogen-bond donors (Lipinski definition) is 1. The summed E-state index contributed by atoms with van der Waals surface area (Å²) in [6.07, 6.45) is 6.37. The Morgan fingerprint density at radius 2 is 1.84 bits per heavy atom. The highest BCUT2D eigenvalue weighted by molar-refractivity contribution is 5.27. The Morgan fingerprint density at radius 1 is 1.05 bits per heavy atom. The van der Waals surface area contributed by atoms with Gasteiger partial charge < -0.3 is 5.32 Å². The number of aromatic nitrogens is 2. The van der Waals surface area contributed by atoms with E-state index in [1.54, 1.807) is 6.20 Å². The van der Waals surface area contributed by atoms with Crippen molar-refractivity contribution in [1.82, 2.24) is 15.3 Å². The van der Waals surface area contributed by atoms with Crippen molar-refractivity contribution in [1.29, 1.82) is 0 Å². The number of rotatable bonds is 5. The molecule has 19 heavy (non-hydrogen) atoms. The Morgan fingerprint density at radius 3 is 2.47 bits per heavy atom. The van der Waals surface area contributed by atoms with Crippen molar-refractivity contribution in [2.45, 2.75) is 38.8 Å². The Labute approximate surface area is 114 Å². The molecule has 0 saturated heterocycles. The molecule has 0 atom stereocenters.